The molecule has 1 aromatic heterocycles. The van der Waals surface area contributed by atoms with Gasteiger partial charge in [-0.1, -0.05) is 12.2 Å². The third kappa shape index (κ3) is 2.92. The van der Waals surface area contributed by atoms with E-state index in [0.717, 1.165) is 25.9 Å². The largest absolute Gasteiger partial charge is 0.388 e. The van der Waals surface area contributed by atoms with Crippen LogP contribution in [0.1, 0.15) is 18.5 Å². The maximum Gasteiger partial charge on any atom is 0.241 e. The maximum atomic E-state index is 11.9. The molecular formula is C11H15N5OS. The van der Waals surface area contributed by atoms with Gasteiger partial charge in [0.05, 0.1) is 6.54 Å². The van der Waals surface area contributed by atoms with E-state index in [4.69, 9.17) is 18.0 Å². The van der Waals surface area contributed by atoms with Gasteiger partial charge in [-0.2, -0.15) is 0 Å². The zero-order valence-electron chi connectivity index (χ0n) is 9.93. The topological polar surface area (TPSA) is 84.1 Å². The molecule has 0 aromatic carbocycles. The van der Waals surface area contributed by atoms with E-state index in [1.54, 1.807) is 0 Å². The van der Waals surface area contributed by atoms with Gasteiger partial charge < -0.3 is 16.0 Å². The first-order valence-electron chi connectivity index (χ1n) is 5.81. The van der Waals surface area contributed by atoms with E-state index >= 15 is 0 Å². The van der Waals surface area contributed by atoms with Crippen molar-refractivity contribution in [3.63, 3.8) is 0 Å². The van der Waals surface area contributed by atoms with Gasteiger partial charge in [-0.3, -0.25) is 4.79 Å². The van der Waals surface area contributed by atoms with Crippen LogP contribution in [0.15, 0.2) is 12.4 Å². The highest BCUT2D eigenvalue weighted by Crippen LogP contribution is 2.10. The van der Waals surface area contributed by atoms with Gasteiger partial charge in [-0.25, -0.2) is 9.97 Å². The van der Waals surface area contributed by atoms with Crippen LogP contribution in [-0.4, -0.2) is 45.4 Å². The van der Waals surface area contributed by atoms with Crippen LogP contribution in [0.5, 0.6) is 0 Å². The summed E-state index contributed by atoms with van der Waals surface area (Å²) in [6.07, 6.45) is 5.20. The third-order valence-electron chi connectivity index (χ3n) is 2.80. The molecule has 1 saturated heterocycles. The number of rotatable bonds is 4. The Morgan fingerprint density at radius 2 is 2.06 bits per heavy atom. The molecule has 2 heterocycles. The molecule has 0 bridgehead atoms. The number of hydrogen-bond acceptors (Lipinski definition) is 5. The van der Waals surface area contributed by atoms with Crippen LogP contribution in [0.3, 0.4) is 0 Å². The maximum absolute atomic E-state index is 11.9. The van der Waals surface area contributed by atoms with Crippen molar-refractivity contribution in [2.75, 3.05) is 25.0 Å². The standard InChI is InChI=1S/C11H15N5OS/c12-10(18)9-11(14-4-3-13-9)15-7-8(17)16-5-1-2-6-16/h3-4H,1-2,5-7H2,(H2,12,18)(H,14,15). The second-order valence-corrected chi connectivity index (χ2v) is 4.50. The minimum absolute atomic E-state index is 0.0621. The molecule has 0 saturated carbocycles. The number of carbonyl (C=O) groups excluding carboxylic acids is 1. The lowest BCUT2D eigenvalue weighted by molar-refractivity contribution is -0.128. The highest BCUT2D eigenvalue weighted by molar-refractivity contribution is 7.80. The Labute approximate surface area is 111 Å². The molecule has 1 fully saturated rings. The normalized spacial score (nSPS) is 14.6. The fourth-order valence-electron chi connectivity index (χ4n) is 1.89. The number of amides is 1. The van der Waals surface area contributed by atoms with E-state index in [0.29, 0.717) is 11.5 Å². The number of likely N-dealkylation sites (tertiary alicyclic amines) is 1. The number of anilines is 1. The molecule has 1 amide bonds. The monoisotopic (exact) mass is 265 g/mol. The smallest absolute Gasteiger partial charge is 0.241 e. The van der Waals surface area contributed by atoms with E-state index < -0.39 is 0 Å². The number of aromatic nitrogens is 2. The number of nitrogens with zero attached hydrogens (tertiary/aromatic N) is 3. The van der Waals surface area contributed by atoms with Gasteiger partial charge in [0, 0.05) is 25.5 Å². The van der Waals surface area contributed by atoms with Crippen molar-refractivity contribution >= 4 is 28.9 Å². The summed E-state index contributed by atoms with van der Waals surface area (Å²) in [5.74, 6) is 0.518. The van der Waals surface area contributed by atoms with Gasteiger partial charge in [-0.05, 0) is 12.8 Å². The summed E-state index contributed by atoms with van der Waals surface area (Å²) in [7, 11) is 0. The van der Waals surface area contributed by atoms with Crippen LogP contribution in [0.25, 0.3) is 0 Å². The van der Waals surface area contributed by atoms with Crippen molar-refractivity contribution in [2.24, 2.45) is 5.73 Å². The lowest BCUT2D eigenvalue weighted by Crippen LogP contribution is -2.33. The zero-order valence-corrected chi connectivity index (χ0v) is 10.7. The average Bonchev–Trinajstić information content (AvgIpc) is 2.90. The third-order valence-corrected chi connectivity index (χ3v) is 2.99. The van der Waals surface area contributed by atoms with Crippen molar-refractivity contribution in [1.29, 1.82) is 0 Å². The van der Waals surface area contributed by atoms with Gasteiger partial charge in [0.1, 0.15) is 10.7 Å². The Morgan fingerprint density at radius 3 is 2.72 bits per heavy atom. The molecule has 96 valence electrons. The Hall–Kier alpha value is -1.76. The predicted octanol–water partition coefficient (Wildman–Crippen LogP) is 0.145. The van der Waals surface area contributed by atoms with E-state index in [1.165, 1.54) is 12.4 Å². The molecule has 3 N–H and O–H groups in total. The number of nitrogens with two attached hydrogens (primary N) is 1. The van der Waals surface area contributed by atoms with Crippen LogP contribution in [-0.2, 0) is 4.79 Å². The first kappa shape index (κ1) is 12.7. The van der Waals surface area contributed by atoms with Crippen LogP contribution in [0.4, 0.5) is 5.82 Å². The first-order chi connectivity index (χ1) is 8.68. The average molecular weight is 265 g/mol. The SMILES string of the molecule is NC(=S)c1nccnc1NCC(=O)N1CCCC1. The summed E-state index contributed by atoms with van der Waals surface area (Å²) in [5.41, 5.74) is 5.95. The van der Waals surface area contributed by atoms with Crippen LogP contribution in [0.2, 0.25) is 0 Å². The van der Waals surface area contributed by atoms with Crippen molar-refractivity contribution in [3.8, 4) is 0 Å². The molecule has 0 spiro atoms. The van der Waals surface area contributed by atoms with Gasteiger partial charge in [-0.15, -0.1) is 0 Å². The molecule has 0 radical (unpaired) electrons. The number of nitrogens with one attached hydrogen (secondary N) is 1. The Balaban J connectivity index is 1.97. The molecule has 2 rings (SSSR count). The minimum Gasteiger partial charge on any atom is -0.388 e. The lowest BCUT2D eigenvalue weighted by atomic mass is 10.4. The molecule has 0 atom stereocenters. The number of carbonyl (C=O) groups is 1. The van der Waals surface area contributed by atoms with E-state index in [1.807, 2.05) is 4.90 Å². The van der Waals surface area contributed by atoms with Crippen molar-refractivity contribution in [3.05, 3.63) is 18.1 Å². The molecule has 1 aromatic rings. The van der Waals surface area contributed by atoms with Crippen molar-refractivity contribution < 1.29 is 4.79 Å². The molecule has 0 aliphatic carbocycles. The zero-order chi connectivity index (χ0) is 13.0. The number of thiocarbonyl (C=S) groups is 1. The minimum atomic E-state index is 0.0621. The molecule has 1 aliphatic heterocycles. The van der Waals surface area contributed by atoms with Gasteiger partial charge in [0.2, 0.25) is 5.91 Å². The molecule has 7 heteroatoms. The lowest BCUT2D eigenvalue weighted by Gasteiger charge is -2.16. The second kappa shape index (κ2) is 5.72. The van der Waals surface area contributed by atoms with Crippen LogP contribution < -0.4 is 11.1 Å². The summed E-state index contributed by atoms with van der Waals surface area (Å²) < 4.78 is 0. The summed E-state index contributed by atoms with van der Waals surface area (Å²) >= 11 is 4.88. The van der Waals surface area contributed by atoms with E-state index in [-0.39, 0.29) is 17.4 Å². The molecule has 1 aliphatic rings. The molecule has 6 nitrogen and oxygen atoms in total. The van der Waals surface area contributed by atoms with Crippen molar-refractivity contribution in [1.82, 2.24) is 14.9 Å². The molecule has 0 unspecified atom stereocenters. The van der Waals surface area contributed by atoms with Crippen LogP contribution >= 0.6 is 12.2 Å². The van der Waals surface area contributed by atoms with Crippen molar-refractivity contribution in [2.45, 2.75) is 12.8 Å². The summed E-state index contributed by atoms with van der Waals surface area (Å²) in [4.78, 5) is 22.0. The second-order valence-electron chi connectivity index (χ2n) is 4.06. The molecular weight excluding hydrogens is 250 g/mol. The summed E-state index contributed by atoms with van der Waals surface area (Å²) in [6.45, 7) is 1.86. The van der Waals surface area contributed by atoms with E-state index in [9.17, 15) is 4.79 Å². The summed E-state index contributed by atoms with van der Waals surface area (Å²) in [6, 6.07) is 0. The fourth-order valence-corrected chi connectivity index (χ4v) is 2.03. The molecule has 18 heavy (non-hydrogen) atoms. The van der Waals surface area contributed by atoms with Crippen LogP contribution in [0, 0.1) is 0 Å². The quantitative estimate of drug-likeness (QED) is 0.754. The van der Waals surface area contributed by atoms with Gasteiger partial charge >= 0.3 is 0 Å². The van der Waals surface area contributed by atoms with Gasteiger partial charge in [0.15, 0.2) is 5.82 Å². The highest BCUT2D eigenvalue weighted by Gasteiger charge is 2.18. The number of hydrogen-bond donors (Lipinski definition) is 2. The highest BCUT2D eigenvalue weighted by atomic mass is 32.1. The Morgan fingerprint density at radius 1 is 1.39 bits per heavy atom. The first-order valence-corrected chi connectivity index (χ1v) is 6.22. The van der Waals surface area contributed by atoms with E-state index in [2.05, 4.69) is 15.3 Å². The fraction of sp³-hybridized carbons (Fsp3) is 0.455. The Bertz CT molecular complexity index is 459. The Kier molecular flexibility index (Phi) is 4.03. The predicted molar refractivity (Wildman–Crippen MR) is 72.2 cm³/mol. The van der Waals surface area contributed by atoms with Gasteiger partial charge in [0.25, 0.3) is 0 Å². The summed E-state index contributed by atoms with van der Waals surface area (Å²) in [5, 5.41) is 2.94.